The highest BCUT2D eigenvalue weighted by molar-refractivity contribution is 5.94. The van der Waals surface area contributed by atoms with Crippen molar-refractivity contribution in [3.63, 3.8) is 0 Å². The first-order chi connectivity index (χ1) is 11.8. The average Bonchev–Trinajstić information content (AvgIpc) is 3.03. The highest BCUT2D eigenvalue weighted by atomic mass is 16.1. The van der Waals surface area contributed by atoms with Gasteiger partial charge in [-0.05, 0) is 55.0 Å². The predicted octanol–water partition coefficient (Wildman–Crippen LogP) is 4.19. The molecule has 24 heavy (non-hydrogen) atoms. The number of carbonyl (C=O) groups is 1. The van der Waals surface area contributed by atoms with Gasteiger partial charge in [-0.25, -0.2) is 0 Å². The van der Waals surface area contributed by atoms with Gasteiger partial charge in [0.25, 0.3) is 5.91 Å². The number of rotatable bonds is 7. The van der Waals surface area contributed by atoms with Crippen LogP contribution >= 0.6 is 0 Å². The quantitative estimate of drug-likeness (QED) is 0.802. The second-order valence-corrected chi connectivity index (χ2v) is 6.55. The van der Waals surface area contributed by atoms with Gasteiger partial charge in [-0.3, -0.25) is 4.79 Å². The van der Waals surface area contributed by atoms with E-state index in [1.807, 2.05) is 12.1 Å². The van der Waals surface area contributed by atoms with Crippen LogP contribution in [0.3, 0.4) is 0 Å². The lowest BCUT2D eigenvalue weighted by atomic mass is 10.1. The third-order valence-corrected chi connectivity index (χ3v) is 4.66. The topological polar surface area (TPSA) is 41.1 Å². The molecule has 0 spiro atoms. The van der Waals surface area contributed by atoms with E-state index in [4.69, 9.17) is 0 Å². The van der Waals surface area contributed by atoms with Crippen LogP contribution in [-0.2, 0) is 12.8 Å². The molecule has 2 aromatic carbocycles. The number of benzene rings is 2. The fraction of sp³-hybridized carbons (Fsp3) is 0.381. The van der Waals surface area contributed by atoms with Crippen molar-refractivity contribution in [1.29, 1.82) is 0 Å². The van der Waals surface area contributed by atoms with Gasteiger partial charge in [0.1, 0.15) is 0 Å². The first-order valence-electron chi connectivity index (χ1n) is 8.98. The Morgan fingerprint density at radius 1 is 1.17 bits per heavy atom. The van der Waals surface area contributed by atoms with Crippen LogP contribution in [0.5, 0.6) is 0 Å². The van der Waals surface area contributed by atoms with Crippen molar-refractivity contribution in [3.05, 3.63) is 65.2 Å². The van der Waals surface area contributed by atoms with Crippen LogP contribution in [0.2, 0.25) is 0 Å². The number of nitrogens with one attached hydrogen (secondary N) is 2. The molecule has 1 aliphatic rings. The van der Waals surface area contributed by atoms with Crippen molar-refractivity contribution in [2.75, 3.05) is 11.9 Å². The zero-order valence-electron chi connectivity index (χ0n) is 14.3. The second kappa shape index (κ2) is 8.00. The minimum atomic E-state index is 0.0209. The Kier molecular flexibility index (Phi) is 5.52. The molecule has 3 heteroatoms. The zero-order valence-corrected chi connectivity index (χ0v) is 14.3. The van der Waals surface area contributed by atoms with Crippen LogP contribution in [0, 0.1) is 0 Å². The Bertz CT molecular complexity index is 653. The fourth-order valence-corrected chi connectivity index (χ4v) is 3.22. The molecule has 1 unspecified atom stereocenters. The smallest absolute Gasteiger partial charge is 0.251 e. The summed E-state index contributed by atoms with van der Waals surface area (Å²) in [5.74, 6) is 0.0209. The Morgan fingerprint density at radius 2 is 1.96 bits per heavy atom. The normalized spacial score (nSPS) is 15.6. The van der Waals surface area contributed by atoms with Crippen LogP contribution in [0.1, 0.15) is 47.7 Å². The van der Waals surface area contributed by atoms with Crippen LogP contribution in [0.25, 0.3) is 0 Å². The van der Waals surface area contributed by atoms with Gasteiger partial charge in [-0.1, -0.05) is 43.7 Å². The molecule has 0 radical (unpaired) electrons. The van der Waals surface area contributed by atoms with Gasteiger partial charge in [0.05, 0.1) is 0 Å². The largest absolute Gasteiger partial charge is 0.382 e. The maximum absolute atomic E-state index is 12.2. The van der Waals surface area contributed by atoms with Crippen LogP contribution < -0.4 is 10.6 Å². The van der Waals surface area contributed by atoms with Gasteiger partial charge < -0.3 is 10.6 Å². The Balaban J connectivity index is 1.43. The predicted molar refractivity (Wildman–Crippen MR) is 99.6 cm³/mol. The molecule has 0 bridgehead atoms. The van der Waals surface area contributed by atoms with Crippen LogP contribution in [0.15, 0.2) is 48.5 Å². The third-order valence-electron chi connectivity index (χ3n) is 4.66. The lowest BCUT2D eigenvalue weighted by molar-refractivity contribution is 0.0953. The summed E-state index contributed by atoms with van der Waals surface area (Å²) < 4.78 is 0. The van der Waals surface area contributed by atoms with E-state index in [9.17, 15) is 4.79 Å². The van der Waals surface area contributed by atoms with Crippen LogP contribution in [0.4, 0.5) is 5.69 Å². The molecule has 3 nitrogen and oxygen atoms in total. The maximum atomic E-state index is 12.2. The third kappa shape index (κ3) is 4.16. The van der Waals surface area contributed by atoms with E-state index >= 15 is 0 Å². The summed E-state index contributed by atoms with van der Waals surface area (Å²) in [7, 11) is 0. The monoisotopic (exact) mass is 322 g/mol. The number of amides is 1. The molecule has 2 aromatic rings. The number of aryl methyl sites for hydroxylation is 1. The molecule has 0 saturated carbocycles. The number of unbranched alkanes of at least 4 members (excludes halogenated alkanes) is 1. The molecule has 0 aromatic heterocycles. The standard InChI is InChI=1S/C21H26N2O/c1-2-3-6-16-9-11-17(12-10-16)21(24)22-14-13-19-15-18-7-4-5-8-20(18)23-19/h4-5,7-12,19,23H,2-3,6,13-15H2,1H3,(H,22,24). The number of fused-ring (bicyclic) bond motifs is 1. The SMILES string of the molecule is CCCCc1ccc(C(=O)NCCC2Cc3ccccc3N2)cc1. The van der Waals surface area contributed by atoms with E-state index in [-0.39, 0.29) is 5.91 Å². The number of hydrogen-bond acceptors (Lipinski definition) is 2. The van der Waals surface area contributed by atoms with Gasteiger partial charge in [0.2, 0.25) is 0 Å². The average molecular weight is 322 g/mol. The van der Waals surface area contributed by atoms with Gasteiger partial charge in [-0.2, -0.15) is 0 Å². The number of anilines is 1. The van der Waals surface area contributed by atoms with Crippen molar-refractivity contribution in [2.45, 2.75) is 45.1 Å². The molecular weight excluding hydrogens is 296 g/mol. The van der Waals surface area contributed by atoms with E-state index in [2.05, 4.69) is 54.0 Å². The van der Waals surface area contributed by atoms with E-state index in [1.54, 1.807) is 0 Å². The van der Waals surface area contributed by atoms with Crippen molar-refractivity contribution >= 4 is 11.6 Å². The van der Waals surface area contributed by atoms with E-state index in [0.717, 1.165) is 24.8 Å². The summed E-state index contributed by atoms with van der Waals surface area (Å²) in [5.41, 5.74) is 4.66. The summed E-state index contributed by atoms with van der Waals surface area (Å²) >= 11 is 0. The lowest BCUT2D eigenvalue weighted by Gasteiger charge is -2.12. The summed E-state index contributed by atoms with van der Waals surface area (Å²) in [6.07, 6.45) is 5.46. The van der Waals surface area contributed by atoms with Gasteiger partial charge in [-0.15, -0.1) is 0 Å². The van der Waals surface area contributed by atoms with E-state index in [0.29, 0.717) is 12.6 Å². The number of para-hydroxylation sites is 1. The Hall–Kier alpha value is -2.29. The molecular formula is C21H26N2O. The minimum Gasteiger partial charge on any atom is -0.382 e. The molecule has 1 atom stereocenters. The molecule has 0 saturated heterocycles. The first kappa shape index (κ1) is 16.6. The van der Waals surface area contributed by atoms with Crippen molar-refractivity contribution in [3.8, 4) is 0 Å². The number of carbonyl (C=O) groups excluding carboxylic acids is 1. The van der Waals surface area contributed by atoms with Crippen molar-refractivity contribution < 1.29 is 4.79 Å². The Labute approximate surface area is 144 Å². The molecule has 3 rings (SSSR count). The van der Waals surface area contributed by atoms with Gasteiger partial charge >= 0.3 is 0 Å². The van der Waals surface area contributed by atoms with Crippen molar-refractivity contribution in [2.24, 2.45) is 0 Å². The first-order valence-corrected chi connectivity index (χ1v) is 8.98. The molecule has 1 amide bonds. The van der Waals surface area contributed by atoms with E-state index in [1.165, 1.54) is 29.7 Å². The number of hydrogen-bond donors (Lipinski definition) is 2. The van der Waals surface area contributed by atoms with Gasteiger partial charge in [0, 0.05) is 23.8 Å². The van der Waals surface area contributed by atoms with E-state index < -0.39 is 0 Å². The van der Waals surface area contributed by atoms with Crippen molar-refractivity contribution in [1.82, 2.24) is 5.32 Å². The molecule has 126 valence electrons. The summed E-state index contributed by atoms with van der Waals surface area (Å²) in [5, 5.41) is 6.56. The maximum Gasteiger partial charge on any atom is 0.251 e. The molecule has 2 N–H and O–H groups in total. The lowest BCUT2D eigenvalue weighted by Crippen LogP contribution is -2.29. The minimum absolute atomic E-state index is 0.0209. The summed E-state index contributed by atoms with van der Waals surface area (Å²) in [4.78, 5) is 12.2. The molecule has 0 aliphatic carbocycles. The zero-order chi connectivity index (χ0) is 16.8. The van der Waals surface area contributed by atoms with Crippen LogP contribution in [-0.4, -0.2) is 18.5 Å². The molecule has 1 heterocycles. The second-order valence-electron chi connectivity index (χ2n) is 6.55. The Morgan fingerprint density at radius 3 is 2.71 bits per heavy atom. The van der Waals surface area contributed by atoms with Gasteiger partial charge in [0.15, 0.2) is 0 Å². The molecule has 1 aliphatic heterocycles. The summed E-state index contributed by atoms with van der Waals surface area (Å²) in [6.45, 7) is 2.89. The summed E-state index contributed by atoms with van der Waals surface area (Å²) in [6, 6.07) is 16.8. The fourth-order valence-electron chi connectivity index (χ4n) is 3.22. The highest BCUT2D eigenvalue weighted by Gasteiger charge is 2.19. The molecule has 0 fully saturated rings. The highest BCUT2D eigenvalue weighted by Crippen LogP contribution is 2.26.